The Morgan fingerprint density at radius 2 is 1.83 bits per heavy atom. The fourth-order valence-electron chi connectivity index (χ4n) is 1.52. The van der Waals surface area contributed by atoms with Gasteiger partial charge in [-0.3, -0.25) is 0 Å². The molecule has 18 heavy (non-hydrogen) atoms. The van der Waals surface area contributed by atoms with Crippen LogP contribution in [0.4, 0.5) is 0 Å². The molecule has 0 radical (unpaired) electrons. The van der Waals surface area contributed by atoms with E-state index in [1.54, 1.807) is 26.0 Å². The fourth-order valence-corrected chi connectivity index (χ4v) is 3.25. The van der Waals surface area contributed by atoms with E-state index in [-0.39, 0.29) is 19.0 Å². The molecule has 0 atom stereocenters. The van der Waals surface area contributed by atoms with Gasteiger partial charge in [-0.1, -0.05) is 25.1 Å². The summed E-state index contributed by atoms with van der Waals surface area (Å²) >= 11 is 0. The van der Waals surface area contributed by atoms with Gasteiger partial charge < -0.3 is 5.73 Å². The minimum Gasteiger partial charge on any atom is -0.329 e. The Morgan fingerprint density at radius 3 is 2.33 bits per heavy atom. The van der Waals surface area contributed by atoms with Crippen LogP contribution >= 0.6 is 12.4 Å². The first-order chi connectivity index (χ1) is 7.82. The molecule has 1 rings (SSSR count). The number of nitrogens with one attached hydrogen (secondary N) is 1. The van der Waals surface area contributed by atoms with E-state index >= 15 is 0 Å². The summed E-state index contributed by atoms with van der Waals surface area (Å²) in [6.45, 7) is 5.71. The monoisotopic (exact) mass is 292 g/mol. The van der Waals surface area contributed by atoms with Gasteiger partial charge >= 0.3 is 0 Å². The molecule has 4 nitrogen and oxygen atoms in total. The molecule has 0 aliphatic heterocycles. The van der Waals surface area contributed by atoms with Gasteiger partial charge in [0.1, 0.15) is 0 Å². The molecule has 0 aromatic heterocycles. The summed E-state index contributed by atoms with van der Waals surface area (Å²) in [4.78, 5) is 0.337. The van der Waals surface area contributed by atoms with Crippen LogP contribution in [-0.4, -0.2) is 20.5 Å². The summed E-state index contributed by atoms with van der Waals surface area (Å²) in [7, 11) is -3.50. The van der Waals surface area contributed by atoms with E-state index in [4.69, 9.17) is 5.73 Å². The molecule has 3 N–H and O–H groups in total. The average Bonchev–Trinajstić information content (AvgIpc) is 2.28. The Morgan fingerprint density at radius 1 is 1.28 bits per heavy atom. The highest BCUT2D eigenvalue weighted by atomic mass is 35.5. The van der Waals surface area contributed by atoms with Gasteiger partial charge in [0.25, 0.3) is 0 Å². The molecule has 104 valence electrons. The van der Waals surface area contributed by atoms with E-state index < -0.39 is 15.6 Å². The number of aryl methyl sites for hydroxylation is 1. The summed E-state index contributed by atoms with van der Waals surface area (Å²) in [6.07, 6.45) is 0.681. The lowest BCUT2D eigenvalue weighted by Crippen LogP contribution is -2.48. The van der Waals surface area contributed by atoms with Crippen molar-refractivity contribution in [3.63, 3.8) is 0 Å². The molecule has 0 saturated heterocycles. The van der Waals surface area contributed by atoms with Gasteiger partial charge in [0.15, 0.2) is 0 Å². The summed E-state index contributed by atoms with van der Waals surface area (Å²) in [5.41, 5.74) is 5.71. The van der Waals surface area contributed by atoms with E-state index in [0.717, 1.165) is 5.56 Å². The Kier molecular flexibility index (Phi) is 6.29. The van der Waals surface area contributed by atoms with Crippen molar-refractivity contribution < 1.29 is 8.42 Å². The third-order valence-electron chi connectivity index (χ3n) is 2.56. The predicted octanol–water partition coefficient (Wildman–Crippen LogP) is 1.69. The molecule has 0 heterocycles. The van der Waals surface area contributed by atoms with Crippen LogP contribution in [0.5, 0.6) is 0 Å². The Bertz CT molecular complexity index is 487. The second-order valence-corrected chi connectivity index (χ2v) is 6.31. The van der Waals surface area contributed by atoms with Crippen molar-refractivity contribution >= 4 is 22.4 Å². The van der Waals surface area contributed by atoms with Crippen LogP contribution < -0.4 is 10.5 Å². The van der Waals surface area contributed by atoms with E-state index in [2.05, 4.69) is 4.72 Å². The first-order valence-corrected chi connectivity index (χ1v) is 7.12. The Hall–Kier alpha value is -0.620. The third-order valence-corrected chi connectivity index (χ3v) is 4.36. The summed E-state index contributed by atoms with van der Waals surface area (Å²) in [5, 5.41) is 0. The zero-order chi connectivity index (χ0) is 13.1. The standard InChI is InChI=1S/C12H20N2O2S.ClH/c1-4-10-7-5-6-8-11(10)17(15,16)14-12(2,3)9-13;/h5-8,14H,4,9,13H2,1-3H3;1H. The molecule has 0 amide bonds. The number of rotatable bonds is 5. The fraction of sp³-hybridized carbons (Fsp3) is 0.500. The molecule has 1 aromatic rings. The van der Waals surface area contributed by atoms with Gasteiger partial charge in [-0.05, 0) is 31.9 Å². The van der Waals surface area contributed by atoms with Crippen molar-refractivity contribution in [3.8, 4) is 0 Å². The number of sulfonamides is 1. The molecule has 0 aliphatic carbocycles. The number of hydrogen-bond acceptors (Lipinski definition) is 3. The molecule has 0 saturated carbocycles. The molecule has 0 unspecified atom stereocenters. The van der Waals surface area contributed by atoms with E-state index in [9.17, 15) is 8.42 Å². The van der Waals surface area contributed by atoms with E-state index in [0.29, 0.717) is 11.3 Å². The molecule has 0 aliphatic rings. The molecule has 0 spiro atoms. The van der Waals surface area contributed by atoms with Gasteiger partial charge in [-0.25, -0.2) is 13.1 Å². The van der Waals surface area contributed by atoms with E-state index in [1.807, 2.05) is 19.1 Å². The zero-order valence-corrected chi connectivity index (χ0v) is 12.6. The summed E-state index contributed by atoms with van der Waals surface area (Å²) in [5.74, 6) is 0. The minimum atomic E-state index is -3.50. The third kappa shape index (κ3) is 4.24. The van der Waals surface area contributed by atoms with Crippen molar-refractivity contribution in [1.29, 1.82) is 0 Å². The maximum absolute atomic E-state index is 12.2. The first-order valence-electron chi connectivity index (χ1n) is 5.64. The zero-order valence-electron chi connectivity index (χ0n) is 10.9. The number of nitrogens with two attached hydrogens (primary N) is 1. The van der Waals surface area contributed by atoms with Crippen molar-refractivity contribution in [2.24, 2.45) is 5.73 Å². The molecular weight excluding hydrogens is 272 g/mol. The smallest absolute Gasteiger partial charge is 0.241 e. The summed E-state index contributed by atoms with van der Waals surface area (Å²) < 4.78 is 27.1. The highest BCUT2D eigenvalue weighted by molar-refractivity contribution is 7.89. The normalized spacial score (nSPS) is 12.0. The van der Waals surface area contributed by atoms with Crippen LogP contribution in [0.1, 0.15) is 26.3 Å². The van der Waals surface area contributed by atoms with Crippen molar-refractivity contribution in [3.05, 3.63) is 29.8 Å². The highest BCUT2D eigenvalue weighted by Crippen LogP contribution is 2.17. The lowest BCUT2D eigenvalue weighted by Gasteiger charge is -2.24. The van der Waals surface area contributed by atoms with Gasteiger partial charge in [0.05, 0.1) is 4.90 Å². The lowest BCUT2D eigenvalue weighted by molar-refractivity contribution is 0.462. The number of benzene rings is 1. The van der Waals surface area contributed by atoms with E-state index in [1.165, 1.54) is 0 Å². The average molecular weight is 293 g/mol. The quantitative estimate of drug-likeness (QED) is 0.867. The second kappa shape index (κ2) is 6.52. The van der Waals surface area contributed by atoms with Crippen LogP contribution in [0.3, 0.4) is 0 Å². The Balaban J connectivity index is 0.00000289. The van der Waals surface area contributed by atoms with Gasteiger partial charge in [0.2, 0.25) is 10.0 Å². The minimum absolute atomic E-state index is 0. The predicted molar refractivity (Wildman–Crippen MR) is 76.5 cm³/mol. The lowest BCUT2D eigenvalue weighted by atomic mass is 10.1. The number of hydrogen-bond donors (Lipinski definition) is 2. The van der Waals surface area contributed by atoms with Crippen molar-refractivity contribution in [2.75, 3.05) is 6.54 Å². The van der Waals surface area contributed by atoms with Crippen LogP contribution in [0.2, 0.25) is 0 Å². The summed E-state index contributed by atoms with van der Waals surface area (Å²) in [6, 6.07) is 7.01. The Labute approximate surface area is 115 Å². The molecule has 0 fully saturated rings. The molecule has 0 bridgehead atoms. The largest absolute Gasteiger partial charge is 0.329 e. The SMILES string of the molecule is CCc1ccccc1S(=O)(=O)NC(C)(C)CN.Cl. The van der Waals surface area contributed by atoms with Gasteiger partial charge in [-0.2, -0.15) is 0 Å². The highest BCUT2D eigenvalue weighted by Gasteiger charge is 2.26. The topological polar surface area (TPSA) is 72.2 Å². The molecule has 1 aromatic carbocycles. The van der Waals surface area contributed by atoms with Crippen LogP contribution in [0.15, 0.2) is 29.2 Å². The number of halogens is 1. The maximum atomic E-state index is 12.2. The first kappa shape index (κ1) is 17.4. The van der Waals surface area contributed by atoms with Crippen LogP contribution in [0.25, 0.3) is 0 Å². The van der Waals surface area contributed by atoms with Crippen LogP contribution in [0, 0.1) is 0 Å². The van der Waals surface area contributed by atoms with Gasteiger partial charge in [-0.15, -0.1) is 12.4 Å². The van der Waals surface area contributed by atoms with Gasteiger partial charge in [0, 0.05) is 12.1 Å². The maximum Gasteiger partial charge on any atom is 0.241 e. The molecule has 6 heteroatoms. The van der Waals surface area contributed by atoms with Crippen LogP contribution in [-0.2, 0) is 16.4 Å². The molecular formula is C12H21ClN2O2S. The second-order valence-electron chi connectivity index (χ2n) is 4.65. The van der Waals surface area contributed by atoms with Crippen molar-refractivity contribution in [2.45, 2.75) is 37.6 Å². The van der Waals surface area contributed by atoms with Crippen molar-refractivity contribution in [1.82, 2.24) is 4.72 Å².